The summed E-state index contributed by atoms with van der Waals surface area (Å²) in [5.74, 6) is -0.205. The number of unbranched alkanes of at least 4 members (excludes halogenated alkanes) is 15. The van der Waals surface area contributed by atoms with Gasteiger partial charge in [0.05, 0.1) is 12.2 Å². The molecule has 0 atom stereocenters. The number of ether oxygens (including phenoxy) is 1. The number of carbonyl (C=O) groups excluding carboxylic acids is 2. The molecule has 0 unspecified atom stereocenters. The first-order valence-electron chi connectivity index (χ1n) is 18.0. The van der Waals surface area contributed by atoms with Crippen LogP contribution in [0.1, 0.15) is 185 Å². The molecule has 0 saturated carbocycles. The molecule has 5 heteroatoms. The first kappa shape index (κ1) is 40.6. The van der Waals surface area contributed by atoms with E-state index in [9.17, 15) is 9.59 Å². The lowest BCUT2D eigenvalue weighted by molar-refractivity contribution is -0.384. The highest BCUT2D eigenvalue weighted by atomic mass is 17.2. The van der Waals surface area contributed by atoms with Gasteiger partial charge in [-0.3, -0.25) is 9.59 Å². The SMILES string of the molecule is CCCCCCCCCCCCCCCCCCOC(=O)CCC1(OOC(C)(C)C)C=C(C(C)(C)C)C(=O)C(C(C)(C)C)=C1. The number of allylic oxidation sites excluding steroid dienone is 2. The van der Waals surface area contributed by atoms with E-state index in [1.807, 2.05) is 74.5 Å². The van der Waals surface area contributed by atoms with Crippen LogP contribution in [0, 0.1) is 10.8 Å². The molecule has 0 aromatic heterocycles. The second-order valence-electron chi connectivity index (χ2n) is 16.2. The standard InChI is InChI=1S/C39H70O5/c1-11-12-13-14-15-16-17-18-19-20-21-22-23-24-25-26-29-42-34(40)27-28-39(44-43-38(8,9)10)30-32(36(2,3)4)35(41)33(31-39)37(5,6)7/h30-31H,11-29H2,1-10H3. The summed E-state index contributed by atoms with van der Waals surface area (Å²) in [7, 11) is 0. The third-order valence-corrected chi connectivity index (χ3v) is 8.31. The molecule has 0 bridgehead atoms. The summed E-state index contributed by atoms with van der Waals surface area (Å²) in [5, 5.41) is 0. The molecule has 44 heavy (non-hydrogen) atoms. The Kier molecular flexibility index (Phi) is 18.4. The molecular weight excluding hydrogens is 548 g/mol. The molecule has 0 radical (unpaired) electrons. The predicted octanol–water partition coefficient (Wildman–Crippen LogP) is 11.6. The van der Waals surface area contributed by atoms with E-state index >= 15 is 0 Å². The summed E-state index contributed by atoms with van der Waals surface area (Å²) in [6, 6.07) is 0. The normalized spacial score (nSPS) is 15.7. The van der Waals surface area contributed by atoms with Gasteiger partial charge in [-0.2, -0.15) is 0 Å². The van der Waals surface area contributed by atoms with Crippen molar-refractivity contribution in [3.8, 4) is 0 Å². The van der Waals surface area contributed by atoms with E-state index in [0.29, 0.717) is 24.2 Å². The highest BCUT2D eigenvalue weighted by Gasteiger charge is 2.43. The molecule has 0 aromatic carbocycles. The monoisotopic (exact) mass is 619 g/mol. The van der Waals surface area contributed by atoms with Crippen molar-refractivity contribution < 1.29 is 24.1 Å². The second kappa shape index (κ2) is 19.9. The number of rotatable bonds is 22. The average Bonchev–Trinajstić information content (AvgIpc) is 2.92. The van der Waals surface area contributed by atoms with E-state index in [-0.39, 0.29) is 29.0 Å². The molecule has 1 aliphatic carbocycles. The molecule has 0 spiro atoms. The molecule has 0 fully saturated rings. The van der Waals surface area contributed by atoms with Gasteiger partial charge in [0.25, 0.3) is 0 Å². The minimum absolute atomic E-state index is 0.0334. The minimum atomic E-state index is -1.03. The van der Waals surface area contributed by atoms with Gasteiger partial charge < -0.3 is 4.74 Å². The zero-order valence-corrected chi connectivity index (χ0v) is 30.6. The largest absolute Gasteiger partial charge is 0.466 e. The molecule has 0 aromatic rings. The predicted molar refractivity (Wildman–Crippen MR) is 184 cm³/mol. The zero-order valence-electron chi connectivity index (χ0n) is 30.6. The molecule has 1 rings (SSSR count). The number of hydrogen-bond acceptors (Lipinski definition) is 5. The van der Waals surface area contributed by atoms with Crippen LogP contribution in [0.4, 0.5) is 0 Å². The van der Waals surface area contributed by atoms with Crippen molar-refractivity contribution in [1.82, 2.24) is 0 Å². The van der Waals surface area contributed by atoms with E-state index in [2.05, 4.69) is 6.92 Å². The highest BCUT2D eigenvalue weighted by molar-refractivity contribution is 6.11. The average molecular weight is 619 g/mol. The van der Waals surface area contributed by atoms with Crippen LogP contribution in [-0.4, -0.2) is 29.6 Å². The molecule has 0 N–H and O–H groups in total. The maximum atomic E-state index is 13.5. The molecule has 0 saturated heterocycles. The highest BCUT2D eigenvalue weighted by Crippen LogP contribution is 2.43. The molecule has 0 aliphatic heterocycles. The lowest BCUT2D eigenvalue weighted by Gasteiger charge is -2.39. The number of Topliss-reactive ketones (excluding diaryl/α,β-unsaturated/α-hetero) is 1. The van der Waals surface area contributed by atoms with Gasteiger partial charge in [0, 0.05) is 17.6 Å². The second-order valence-corrected chi connectivity index (χ2v) is 16.2. The lowest BCUT2D eigenvalue weighted by Crippen LogP contribution is -2.41. The van der Waals surface area contributed by atoms with E-state index < -0.39 is 11.2 Å². The molecule has 5 nitrogen and oxygen atoms in total. The molecule has 0 heterocycles. The van der Waals surface area contributed by atoms with Crippen LogP contribution in [0.5, 0.6) is 0 Å². The van der Waals surface area contributed by atoms with Gasteiger partial charge in [-0.25, -0.2) is 9.78 Å². The first-order valence-corrected chi connectivity index (χ1v) is 18.0. The summed E-state index contributed by atoms with van der Waals surface area (Å²) in [6.07, 6.45) is 25.3. The Morgan fingerprint density at radius 3 is 1.39 bits per heavy atom. The molecular formula is C39H70O5. The fraction of sp³-hybridized carbons (Fsp3) is 0.846. The summed E-state index contributed by atoms with van der Waals surface area (Å²) in [5.41, 5.74) is -0.974. The Morgan fingerprint density at radius 1 is 0.636 bits per heavy atom. The summed E-state index contributed by atoms with van der Waals surface area (Å²) >= 11 is 0. The van der Waals surface area contributed by atoms with Crippen LogP contribution in [0.25, 0.3) is 0 Å². The maximum absolute atomic E-state index is 13.5. The van der Waals surface area contributed by atoms with E-state index in [4.69, 9.17) is 14.5 Å². The molecule has 256 valence electrons. The van der Waals surface area contributed by atoms with Crippen molar-refractivity contribution in [2.45, 2.75) is 196 Å². The van der Waals surface area contributed by atoms with Gasteiger partial charge in [0.15, 0.2) is 5.78 Å². The first-order chi connectivity index (χ1) is 20.5. The van der Waals surface area contributed by atoms with E-state index in [0.717, 1.165) is 12.8 Å². The van der Waals surface area contributed by atoms with Crippen LogP contribution < -0.4 is 0 Å². The van der Waals surface area contributed by atoms with Crippen LogP contribution >= 0.6 is 0 Å². The van der Waals surface area contributed by atoms with Crippen molar-refractivity contribution in [1.29, 1.82) is 0 Å². The minimum Gasteiger partial charge on any atom is -0.466 e. The van der Waals surface area contributed by atoms with Crippen molar-refractivity contribution in [2.75, 3.05) is 6.61 Å². The van der Waals surface area contributed by atoms with Crippen LogP contribution in [0.3, 0.4) is 0 Å². The maximum Gasteiger partial charge on any atom is 0.305 e. The van der Waals surface area contributed by atoms with Gasteiger partial charge >= 0.3 is 5.97 Å². The number of carbonyl (C=O) groups is 2. The number of hydrogen-bond donors (Lipinski definition) is 0. The van der Waals surface area contributed by atoms with Crippen LogP contribution in [0.2, 0.25) is 0 Å². The lowest BCUT2D eigenvalue weighted by atomic mass is 9.69. The van der Waals surface area contributed by atoms with Gasteiger partial charge in [-0.05, 0) is 56.6 Å². The third kappa shape index (κ3) is 17.3. The van der Waals surface area contributed by atoms with Gasteiger partial charge in [0.1, 0.15) is 5.60 Å². The van der Waals surface area contributed by atoms with Gasteiger partial charge in [-0.15, -0.1) is 0 Å². The number of esters is 1. The van der Waals surface area contributed by atoms with Gasteiger partial charge in [-0.1, -0.05) is 145 Å². The summed E-state index contributed by atoms with van der Waals surface area (Å²) in [4.78, 5) is 38.2. The van der Waals surface area contributed by atoms with E-state index in [1.54, 1.807) is 0 Å². The Hall–Kier alpha value is -1.46. The van der Waals surface area contributed by atoms with Crippen LogP contribution in [0.15, 0.2) is 23.3 Å². The fourth-order valence-electron chi connectivity index (χ4n) is 5.56. The van der Waals surface area contributed by atoms with Crippen LogP contribution in [-0.2, 0) is 24.1 Å². The zero-order chi connectivity index (χ0) is 33.3. The Balaban J connectivity index is 2.45. The van der Waals surface area contributed by atoms with Crippen molar-refractivity contribution >= 4 is 11.8 Å². The van der Waals surface area contributed by atoms with Gasteiger partial charge in [0.2, 0.25) is 0 Å². The third-order valence-electron chi connectivity index (χ3n) is 8.31. The Morgan fingerprint density at radius 2 is 1.02 bits per heavy atom. The fourth-order valence-corrected chi connectivity index (χ4v) is 5.56. The van der Waals surface area contributed by atoms with E-state index in [1.165, 1.54) is 89.9 Å². The summed E-state index contributed by atoms with van der Waals surface area (Å²) in [6.45, 7) is 20.7. The Labute approximate surface area is 272 Å². The smallest absolute Gasteiger partial charge is 0.305 e. The Bertz CT molecular complexity index is 857. The number of ketones is 1. The van der Waals surface area contributed by atoms with Crippen molar-refractivity contribution in [3.05, 3.63) is 23.3 Å². The van der Waals surface area contributed by atoms with Crippen molar-refractivity contribution in [2.24, 2.45) is 10.8 Å². The molecule has 0 amide bonds. The molecule has 1 aliphatic rings. The quantitative estimate of drug-likeness (QED) is 0.0523. The van der Waals surface area contributed by atoms with Crippen molar-refractivity contribution in [3.63, 3.8) is 0 Å². The topological polar surface area (TPSA) is 61.8 Å². The summed E-state index contributed by atoms with van der Waals surface area (Å²) < 4.78 is 5.61.